The summed E-state index contributed by atoms with van der Waals surface area (Å²) in [5.41, 5.74) is 3.52. The van der Waals surface area contributed by atoms with Gasteiger partial charge in [0.05, 0.1) is 22.9 Å². The third-order valence-corrected chi connectivity index (χ3v) is 6.55. The maximum absolute atomic E-state index is 11.4. The number of aromatic carboxylic acids is 1. The molecule has 0 aliphatic rings. The van der Waals surface area contributed by atoms with Gasteiger partial charge in [-0.3, -0.25) is 0 Å². The number of thiophene rings is 1. The normalized spacial score (nSPS) is 10.7. The topological polar surface area (TPSA) is 98.9 Å². The van der Waals surface area contributed by atoms with Gasteiger partial charge in [0.2, 0.25) is 0 Å². The highest BCUT2D eigenvalue weighted by Crippen LogP contribution is 2.28. The Morgan fingerprint density at radius 1 is 1.23 bits per heavy atom. The quantitative estimate of drug-likeness (QED) is 0.371. The van der Waals surface area contributed by atoms with Crippen molar-refractivity contribution in [1.82, 2.24) is 9.97 Å². The second-order valence-electron chi connectivity index (χ2n) is 6.77. The maximum Gasteiger partial charge on any atom is 0.336 e. The van der Waals surface area contributed by atoms with Crippen LogP contribution in [0.5, 0.6) is 0 Å². The molecule has 8 heteroatoms. The lowest BCUT2D eigenvalue weighted by Gasteiger charge is -2.10. The predicted molar refractivity (Wildman–Crippen MR) is 125 cm³/mol. The number of fused-ring (bicyclic) bond motifs is 1. The van der Waals surface area contributed by atoms with Crippen LogP contribution in [0.15, 0.2) is 59.1 Å². The fourth-order valence-corrected chi connectivity index (χ4v) is 4.76. The number of benzene rings is 2. The van der Waals surface area contributed by atoms with Crippen molar-refractivity contribution >= 4 is 45.0 Å². The molecule has 0 fully saturated rings. The summed E-state index contributed by atoms with van der Waals surface area (Å²) in [4.78, 5) is 20.7. The minimum Gasteiger partial charge on any atom is -0.478 e. The van der Waals surface area contributed by atoms with Crippen LogP contribution in [0, 0.1) is 11.3 Å². The molecule has 0 aliphatic carbocycles. The summed E-state index contributed by atoms with van der Waals surface area (Å²) >= 11 is 3.02. The summed E-state index contributed by atoms with van der Waals surface area (Å²) in [6, 6.07) is 15.4. The van der Waals surface area contributed by atoms with Crippen LogP contribution in [-0.4, -0.2) is 33.8 Å². The summed E-state index contributed by atoms with van der Waals surface area (Å²) in [5, 5.41) is 25.3. The number of hydrogen-bond donors (Lipinski definition) is 2. The van der Waals surface area contributed by atoms with Gasteiger partial charge >= 0.3 is 5.97 Å². The molecule has 2 heterocycles. The third-order valence-electron chi connectivity index (χ3n) is 4.89. The zero-order valence-electron chi connectivity index (χ0n) is 16.6. The van der Waals surface area contributed by atoms with E-state index in [0.717, 1.165) is 21.2 Å². The number of nitrogens with one attached hydrogen (secondary N) is 1. The molecule has 0 saturated heterocycles. The highest BCUT2D eigenvalue weighted by molar-refractivity contribution is 7.98. The largest absolute Gasteiger partial charge is 0.478 e. The van der Waals surface area contributed by atoms with E-state index in [1.54, 1.807) is 23.5 Å². The molecule has 2 N–H and O–H groups in total. The molecule has 31 heavy (non-hydrogen) atoms. The van der Waals surface area contributed by atoms with Crippen LogP contribution >= 0.6 is 23.1 Å². The Hall–Kier alpha value is -3.41. The van der Waals surface area contributed by atoms with E-state index in [4.69, 9.17) is 0 Å². The van der Waals surface area contributed by atoms with E-state index >= 15 is 0 Å². The lowest BCUT2D eigenvalue weighted by Crippen LogP contribution is -2.07. The van der Waals surface area contributed by atoms with E-state index < -0.39 is 5.97 Å². The van der Waals surface area contributed by atoms with Gasteiger partial charge in [0.25, 0.3) is 0 Å². The second-order valence-corrected chi connectivity index (χ2v) is 8.56. The lowest BCUT2D eigenvalue weighted by molar-refractivity contribution is 0.0693. The van der Waals surface area contributed by atoms with E-state index in [1.165, 1.54) is 18.1 Å². The van der Waals surface area contributed by atoms with E-state index in [1.807, 2.05) is 29.8 Å². The SMILES string of the molecule is CSc1cc(-c2cc(NCCc3cc4ccsc4cc3C#N)ncn2)ccc1C(=O)O. The molecule has 0 aliphatic heterocycles. The van der Waals surface area contributed by atoms with Gasteiger partial charge in [0.1, 0.15) is 12.1 Å². The second kappa shape index (κ2) is 9.16. The Morgan fingerprint density at radius 2 is 2.10 bits per heavy atom. The monoisotopic (exact) mass is 446 g/mol. The van der Waals surface area contributed by atoms with Gasteiger partial charge in [-0.15, -0.1) is 23.1 Å². The third kappa shape index (κ3) is 4.53. The first-order valence-electron chi connectivity index (χ1n) is 9.47. The summed E-state index contributed by atoms with van der Waals surface area (Å²) in [6.45, 7) is 0.620. The first-order chi connectivity index (χ1) is 15.1. The minimum atomic E-state index is -0.946. The van der Waals surface area contributed by atoms with Crippen molar-refractivity contribution < 1.29 is 9.90 Å². The molecule has 0 radical (unpaired) electrons. The van der Waals surface area contributed by atoms with Gasteiger partial charge in [-0.25, -0.2) is 14.8 Å². The van der Waals surface area contributed by atoms with Crippen molar-refractivity contribution in [2.45, 2.75) is 11.3 Å². The summed E-state index contributed by atoms with van der Waals surface area (Å²) in [7, 11) is 0. The van der Waals surface area contributed by atoms with Crippen molar-refractivity contribution in [3.05, 3.63) is 70.9 Å². The van der Waals surface area contributed by atoms with Gasteiger partial charge < -0.3 is 10.4 Å². The standard InChI is InChI=1S/C23H18N4O2S2/c1-30-21-9-15(2-3-18(21)23(28)29)19-11-22(27-13-26-19)25-6-4-14-8-16-5-7-31-20(16)10-17(14)12-24/h2-3,5,7-11,13H,4,6H2,1H3,(H,28,29)(H,25,26,27). The maximum atomic E-state index is 11.4. The van der Waals surface area contributed by atoms with Crippen molar-refractivity contribution in [3.63, 3.8) is 0 Å². The smallest absolute Gasteiger partial charge is 0.336 e. The van der Waals surface area contributed by atoms with Crippen molar-refractivity contribution in [1.29, 1.82) is 5.26 Å². The number of nitriles is 1. The number of aromatic nitrogens is 2. The molecule has 2 aromatic heterocycles. The molecule has 0 bridgehead atoms. The summed E-state index contributed by atoms with van der Waals surface area (Å²) in [5.74, 6) is -0.272. The molecule has 0 saturated carbocycles. The number of anilines is 1. The number of carboxylic acid groups (broad SMARTS) is 1. The first-order valence-corrected chi connectivity index (χ1v) is 11.6. The van der Waals surface area contributed by atoms with Gasteiger partial charge in [-0.05, 0) is 59.3 Å². The zero-order valence-corrected chi connectivity index (χ0v) is 18.3. The van der Waals surface area contributed by atoms with Gasteiger partial charge in [0, 0.05) is 27.8 Å². The molecule has 154 valence electrons. The number of carboxylic acids is 1. The number of nitrogens with zero attached hydrogens (tertiary/aromatic N) is 3. The van der Waals surface area contributed by atoms with Crippen LogP contribution in [0.3, 0.4) is 0 Å². The van der Waals surface area contributed by atoms with Gasteiger partial charge in [-0.1, -0.05) is 6.07 Å². The van der Waals surface area contributed by atoms with E-state index in [2.05, 4.69) is 33.5 Å². The van der Waals surface area contributed by atoms with Crippen LogP contribution < -0.4 is 5.32 Å². The molecule has 4 rings (SSSR count). The van der Waals surface area contributed by atoms with Gasteiger partial charge in [-0.2, -0.15) is 5.26 Å². The Morgan fingerprint density at radius 3 is 2.87 bits per heavy atom. The number of hydrogen-bond acceptors (Lipinski definition) is 7. The molecule has 2 aromatic carbocycles. The average molecular weight is 447 g/mol. The van der Waals surface area contributed by atoms with E-state index in [9.17, 15) is 15.2 Å². The Bertz CT molecular complexity index is 1310. The predicted octanol–water partition coefficient (Wildman–Crippen LogP) is 5.30. The molecule has 0 unspecified atom stereocenters. The number of rotatable bonds is 7. The summed E-state index contributed by atoms with van der Waals surface area (Å²) < 4.78 is 1.12. The van der Waals surface area contributed by atoms with Crippen molar-refractivity contribution in [3.8, 4) is 17.3 Å². The highest BCUT2D eigenvalue weighted by atomic mass is 32.2. The van der Waals surface area contributed by atoms with Crippen LogP contribution in [0.25, 0.3) is 21.3 Å². The minimum absolute atomic E-state index is 0.277. The van der Waals surface area contributed by atoms with Crippen LogP contribution in [0.1, 0.15) is 21.5 Å². The Labute approximate surface area is 187 Å². The fourth-order valence-electron chi connectivity index (χ4n) is 3.33. The van der Waals surface area contributed by atoms with E-state index in [0.29, 0.717) is 34.9 Å². The van der Waals surface area contributed by atoms with Crippen LogP contribution in [0.2, 0.25) is 0 Å². The number of carbonyl (C=O) groups is 1. The van der Waals surface area contributed by atoms with Crippen molar-refractivity contribution in [2.24, 2.45) is 0 Å². The average Bonchev–Trinajstić information content (AvgIpc) is 3.25. The summed E-state index contributed by atoms with van der Waals surface area (Å²) in [6.07, 6.45) is 4.03. The Balaban J connectivity index is 1.50. The Kier molecular flexibility index (Phi) is 6.16. The van der Waals surface area contributed by atoms with Crippen LogP contribution in [-0.2, 0) is 6.42 Å². The molecule has 6 nitrogen and oxygen atoms in total. The van der Waals surface area contributed by atoms with Crippen LogP contribution in [0.4, 0.5) is 5.82 Å². The molecular weight excluding hydrogens is 428 g/mol. The van der Waals surface area contributed by atoms with E-state index in [-0.39, 0.29) is 5.56 Å². The zero-order chi connectivity index (χ0) is 21.8. The fraction of sp³-hybridized carbons (Fsp3) is 0.130. The van der Waals surface area contributed by atoms with Crippen molar-refractivity contribution in [2.75, 3.05) is 18.1 Å². The number of thioether (sulfide) groups is 1. The molecular formula is C23H18N4O2S2. The van der Waals surface area contributed by atoms with Gasteiger partial charge in [0.15, 0.2) is 0 Å². The molecule has 0 atom stereocenters. The first kappa shape index (κ1) is 20.8. The molecule has 0 amide bonds. The molecule has 0 spiro atoms. The molecule has 4 aromatic rings. The lowest BCUT2D eigenvalue weighted by atomic mass is 10.0. The highest BCUT2D eigenvalue weighted by Gasteiger charge is 2.12.